The van der Waals surface area contributed by atoms with Crippen molar-refractivity contribution in [2.45, 2.75) is 51.9 Å². The van der Waals surface area contributed by atoms with E-state index in [0.717, 1.165) is 6.42 Å². The third kappa shape index (κ3) is 6.25. The molecule has 2 nitrogen and oxygen atoms in total. The maximum atomic E-state index is 10.1. The fourth-order valence-corrected chi connectivity index (χ4v) is 1.90. The SMILES string of the molecule is CCCCCCCCc1ccc(OB=O)cc1. The van der Waals surface area contributed by atoms with Crippen molar-refractivity contribution in [1.82, 2.24) is 0 Å². The molecule has 0 atom stereocenters. The summed E-state index contributed by atoms with van der Waals surface area (Å²) in [5, 5.41) is 0. The predicted octanol–water partition coefficient (Wildman–Crippen LogP) is 3.93. The summed E-state index contributed by atoms with van der Waals surface area (Å²) in [5.41, 5.74) is 1.32. The van der Waals surface area contributed by atoms with E-state index in [1.165, 1.54) is 44.1 Å². The van der Waals surface area contributed by atoms with E-state index < -0.39 is 0 Å². The van der Waals surface area contributed by atoms with Crippen LogP contribution in [0.4, 0.5) is 0 Å². The fraction of sp³-hybridized carbons (Fsp3) is 0.571. The molecule has 1 aromatic rings. The van der Waals surface area contributed by atoms with Gasteiger partial charge in [-0.15, -0.1) is 0 Å². The average Bonchev–Trinajstić information content (AvgIpc) is 2.36. The Hall–Kier alpha value is -1.12. The number of unbranched alkanes of at least 4 members (excludes halogenated alkanes) is 5. The first-order valence-electron chi connectivity index (χ1n) is 6.56. The molecule has 0 spiro atoms. The van der Waals surface area contributed by atoms with Crippen molar-refractivity contribution in [3.8, 4) is 5.75 Å². The molecule has 0 unspecified atom stereocenters. The molecular formula is C14H21BO2. The van der Waals surface area contributed by atoms with Gasteiger partial charge in [-0.2, -0.15) is 0 Å². The first-order valence-corrected chi connectivity index (χ1v) is 6.56. The van der Waals surface area contributed by atoms with Gasteiger partial charge in [-0.1, -0.05) is 6.92 Å². The van der Waals surface area contributed by atoms with Crippen LogP contribution in [0.25, 0.3) is 0 Å². The maximum absolute atomic E-state index is 10.1. The topological polar surface area (TPSA) is 26.3 Å². The van der Waals surface area contributed by atoms with Crippen LogP contribution in [-0.2, 0) is 11.1 Å². The van der Waals surface area contributed by atoms with Gasteiger partial charge in [-0.3, -0.25) is 0 Å². The van der Waals surface area contributed by atoms with Crippen LogP contribution in [-0.4, -0.2) is 7.35 Å². The van der Waals surface area contributed by atoms with Crippen LogP contribution >= 0.6 is 0 Å². The van der Waals surface area contributed by atoms with Crippen LogP contribution in [0, 0.1) is 0 Å². The van der Waals surface area contributed by atoms with Crippen molar-refractivity contribution in [2.75, 3.05) is 0 Å². The van der Waals surface area contributed by atoms with Crippen molar-refractivity contribution in [2.24, 2.45) is 0 Å². The normalized spacial score (nSPS) is 9.94. The molecule has 1 rings (SSSR count). The Labute approximate surface area is 105 Å². The van der Waals surface area contributed by atoms with Crippen LogP contribution in [0.1, 0.15) is 51.0 Å². The summed E-state index contributed by atoms with van der Waals surface area (Å²) in [6.07, 6.45) is 9.05. The molecular weight excluding hydrogens is 211 g/mol. The van der Waals surface area contributed by atoms with Crippen LogP contribution in [0.5, 0.6) is 5.75 Å². The van der Waals surface area contributed by atoms with E-state index >= 15 is 0 Å². The molecule has 3 heteroatoms. The molecule has 0 aliphatic carbocycles. The Morgan fingerprint density at radius 1 is 1.00 bits per heavy atom. The zero-order valence-electron chi connectivity index (χ0n) is 10.7. The zero-order chi connectivity index (χ0) is 12.3. The van der Waals surface area contributed by atoms with Gasteiger partial charge in [0.15, 0.2) is 0 Å². The molecule has 0 saturated heterocycles. The van der Waals surface area contributed by atoms with Crippen molar-refractivity contribution < 1.29 is 9.36 Å². The van der Waals surface area contributed by atoms with E-state index in [4.69, 9.17) is 4.65 Å². The summed E-state index contributed by atoms with van der Waals surface area (Å²) < 4.78 is 14.9. The second kappa shape index (κ2) is 8.97. The summed E-state index contributed by atoms with van der Waals surface area (Å²) in [5.74, 6) is 0.617. The van der Waals surface area contributed by atoms with Crippen LogP contribution in [0.2, 0.25) is 0 Å². The third-order valence-corrected chi connectivity index (χ3v) is 2.93. The molecule has 0 radical (unpaired) electrons. The molecule has 1 aromatic carbocycles. The summed E-state index contributed by atoms with van der Waals surface area (Å²) in [4.78, 5) is 0. The Bertz CT molecular complexity index is 309. The zero-order valence-corrected chi connectivity index (χ0v) is 10.7. The summed E-state index contributed by atoms with van der Waals surface area (Å²) >= 11 is 0. The van der Waals surface area contributed by atoms with Crippen molar-refractivity contribution >= 4 is 7.35 Å². The number of hydrogen-bond donors (Lipinski definition) is 0. The van der Waals surface area contributed by atoms with E-state index in [-0.39, 0.29) is 0 Å². The first kappa shape index (κ1) is 13.9. The molecule has 0 aliphatic rings. The fourth-order valence-electron chi connectivity index (χ4n) is 1.90. The van der Waals surface area contributed by atoms with Gasteiger partial charge in [0.1, 0.15) is 0 Å². The quantitative estimate of drug-likeness (QED) is 0.476. The molecule has 0 saturated carbocycles. The van der Waals surface area contributed by atoms with Crippen molar-refractivity contribution in [1.29, 1.82) is 0 Å². The van der Waals surface area contributed by atoms with Crippen molar-refractivity contribution in [3.05, 3.63) is 29.8 Å². The molecule has 0 amide bonds. The number of benzene rings is 1. The van der Waals surface area contributed by atoms with Crippen LogP contribution in [0.15, 0.2) is 24.3 Å². The van der Waals surface area contributed by atoms with Gasteiger partial charge >= 0.3 is 97.2 Å². The summed E-state index contributed by atoms with van der Waals surface area (Å²) in [6, 6.07) is 7.76. The average molecular weight is 232 g/mol. The minimum atomic E-state index is 0.461. The van der Waals surface area contributed by atoms with Gasteiger partial charge in [0.05, 0.1) is 0 Å². The Kier molecular flexibility index (Phi) is 7.36. The van der Waals surface area contributed by atoms with Crippen molar-refractivity contribution in [3.63, 3.8) is 0 Å². The molecule has 92 valence electrons. The molecule has 0 aromatic heterocycles. The van der Waals surface area contributed by atoms with Crippen LogP contribution < -0.4 is 4.65 Å². The van der Waals surface area contributed by atoms with E-state index in [0.29, 0.717) is 13.1 Å². The van der Waals surface area contributed by atoms with Gasteiger partial charge in [0.2, 0.25) is 0 Å². The Balaban J connectivity index is 2.16. The predicted molar refractivity (Wildman–Crippen MR) is 70.6 cm³/mol. The Morgan fingerprint density at radius 3 is 2.29 bits per heavy atom. The van der Waals surface area contributed by atoms with Gasteiger partial charge in [0, 0.05) is 0 Å². The molecule has 0 bridgehead atoms. The minimum absolute atomic E-state index is 0.461. The molecule has 0 N–H and O–H groups in total. The standard InChI is InChI=1S/C14H21BO2/c1-2-3-4-5-6-7-8-13-9-11-14(12-10-13)17-15-16/h9-12H,2-8H2,1H3. The van der Waals surface area contributed by atoms with Gasteiger partial charge in [-0.05, 0) is 0 Å². The monoisotopic (exact) mass is 232 g/mol. The van der Waals surface area contributed by atoms with E-state index in [1.807, 2.05) is 24.3 Å². The van der Waals surface area contributed by atoms with Gasteiger partial charge < -0.3 is 0 Å². The molecule has 0 heterocycles. The van der Waals surface area contributed by atoms with E-state index in [1.54, 1.807) is 0 Å². The number of aryl methyl sites for hydroxylation is 1. The number of hydrogen-bond acceptors (Lipinski definition) is 2. The molecule has 0 aliphatic heterocycles. The summed E-state index contributed by atoms with van der Waals surface area (Å²) in [7, 11) is 0.461. The van der Waals surface area contributed by atoms with E-state index in [2.05, 4.69) is 6.92 Å². The molecule has 17 heavy (non-hydrogen) atoms. The summed E-state index contributed by atoms with van der Waals surface area (Å²) in [6.45, 7) is 2.24. The second-order valence-electron chi connectivity index (χ2n) is 4.38. The molecule has 0 fully saturated rings. The number of rotatable bonds is 9. The first-order chi connectivity index (χ1) is 8.36. The van der Waals surface area contributed by atoms with Gasteiger partial charge in [0.25, 0.3) is 0 Å². The second-order valence-corrected chi connectivity index (χ2v) is 4.38. The van der Waals surface area contributed by atoms with Crippen LogP contribution in [0.3, 0.4) is 0 Å². The Morgan fingerprint density at radius 2 is 1.65 bits per heavy atom. The van der Waals surface area contributed by atoms with Gasteiger partial charge in [-0.25, -0.2) is 0 Å². The van der Waals surface area contributed by atoms with E-state index in [9.17, 15) is 4.70 Å². The third-order valence-electron chi connectivity index (χ3n) is 2.93.